The minimum Gasteiger partial charge on any atom is -0.465 e. The number of amidine groups is 1. The van der Waals surface area contributed by atoms with Crippen LogP contribution in [0.5, 0.6) is 0 Å². The molecule has 0 aliphatic heterocycles. The topological polar surface area (TPSA) is 94.0 Å². The summed E-state index contributed by atoms with van der Waals surface area (Å²) < 4.78 is 5.85. The summed E-state index contributed by atoms with van der Waals surface area (Å²) in [6.07, 6.45) is 1.32. The number of carbonyl (C=O) groups is 1. The minimum absolute atomic E-state index is 0.206. The van der Waals surface area contributed by atoms with Crippen LogP contribution in [-0.4, -0.2) is 28.7 Å². The van der Waals surface area contributed by atoms with Gasteiger partial charge in [-0.05, 0) is 0 Å². The van der Waals surface area contributed by atoms with E-state index in [0.29, 0.717) is 0 Å². The summed E-state index contributed by atoms with van der Waals surface area (Å²) in [5.74, 6) is -0.751. The Morgan fingerprint density at radius 3 is 2.85 bits per heavy atom. The molecule has 6 heteroatoms. The number of methoxy groups -OCH3 is 1. The van der Waals surface area contributed by atoms with Gasteiger partial charge in [-0.1, -0.05) is 0 Å². The molecule has 0 amide bonds. The number of aryl methyl sites for hydroxylation is 1. The molecule has 0 fully saturated rings. The predicted octanol–water partition coefficient (Wildman–Crippen LogP) is -0.509. The fourth-order valence-corrected chi connectivity index (χ4v) is 1.02. The van der Waals surface area contributed by atoms with Crippen LogP contribution in [0.25, 0.3) is 0 Å². The van der Waals surface area contributed by atoms with E-state index in [1.165, 1.54) is 18.0 Å². The lowest BCUT2D eigenvalue weighted by Gasteiger charge is -2.01. The molecular formula is C7H10N4O2. The Kier molecular flexibility index (Phi) is 2.32. The quantitative estimate of drug-likeness (QED) is 0.366. The molecule has 0 radical (unpaired) electrons. The van der Waals surface area contributed by atoms with Gasteiger partial charge in [0.15, 0.2) is 0 Å². The van der Waals surface area contributed by atoms with Crippen molar-refractivity contribution in [1.29, 1.82) is 5.41 Å². The molecule has 0 atom stereocenters. The van der Waals surface area contributed by atoms with Gasteiger partial charge < -0.3 is 10.5 Å². The van der Waals surface area contributed by atoms with Crippen molar-refractivity contribution in [1.82, 2.24) is 9.78 Å². The molecule has 0 bridgehead atoms. The zero-order chi connectivity index (χ0) is 10.0. The molecule has 0 aliphatic carbocycles. The molecule has 6 nitrogen and oxygen atoms in total. The Morgan fingerprint density at radius 1 is 1.77 bits per heavy atom. The molecular weight excluding hydrogens is 172 g/mol. The van der Waals surface area contributed by atoms with Crippen LogP contribution < -0.4 is 5.73 Å². The first-order chi connectivity index (χ1) is 6.07. The average Bonchev–Trinajstić information content (AvgIpc) is 2.45. The van der Waals surface area contributed by atoms with E-state index in [2.05, 4.69) is 9.84 Å². The molecule has 1 aromatic rings. The van der Waals surface area contributed by atoms with Crippen molar-refractivity contribution in [2.75, 3.05) is 7.11 Å². The van der Waals surface area contributed by atoms with Gasteiger partial charge >= 0.3 is 5.97 Å². The summed E-state index contributed by atoms with van der Waals surface area (Å²) in [4.78, 5) is 11.1. The smallest absolute Gasteiger partial charge is 0.341 e. The van der Waals surface area contributed by atoms with Crippen LogP contribution in [0.15, 0.2) is 6.20 Å². The third-order valence-corrected chi connectivity index (χ3v) is 1.60. The molecule has 1 aromatic heterocycles. The van der Waals surface area contributed by atoms with Gasteiger partial charge in [-0.25, -0.2) is 4.79 Å². The third-order valence-electron chi connectivity index (χ3n) is 1.60. The van der Waals surface area contributed by atoms with Gasteiger partial charge in [0.05, 0.1) is 13.3 Å². The first-order valence-corrected chi connectivity index (χ1v) is 3.52. The average molecular weight is 182 g/mol. The maximum absolute atomic E-state index is 11.1. The van der Waals surface area contributed by atoms with E-state index in [0.717, 1.165) is 0 Å². The third kappa shape index (κ3) is 1.51. The van der Waals surface area contributed by atoms with Crippen LogP contribution >= 0.6 is 0 Å². The number of nitrogens with two attached hydrogens (primary N) is 1. The zero-order valence-corrected chi connectivity index (χ0v) is 7.37. The summed E-state index contributed by atoms with van der Waals surface area (Å²) >= 11 is 0. The molecule has 13 heavy (non-hydrogen) atoms. The van der Waals surface area contributed by atoms with Gasteiger partial charge in [0.25, 0.3) is 0 Å². The van der Waals surface area contributed by atoms with Gasteiger partial charge in [0.1, 0.15) is 17.1 Å². The highest BCUT2D eigenvalue weighted by Gasteiger charge is 2.18. The highest BCUT2D eigenvalue weighted by atomic mass is 16.5. The Balaban J connectivity index is 3.22. The minimum atomic E-state index is -0.543. The first kappa shape index (κ1) is 9.24. The number of nitrogens with one attached hydrogen (secondary N) is 1. The van der Waals surface area contributed by atoms with Crippen molar-refractivity contribution >= 4 is 11.8 Å². The molecule has 70 valence electrons. The number of hydrogen-bond donors (Lipinski definition) is 2. The van der Waals surface area contributed by atoms with E-state index < -0.39 is 5.97 Å². The van der Waals surface area contributed by atoms with Crippen LogP contribution in [0.3, 0.4) is 0 Å². The Bertz CT molecular complexity index is 355. The summed E-state index contributed by atoms with van der Waals surface area (Å²) in [6.45, 7) is 0. The number of nitrogens with zero attached hydrogens (tertiary/aromatic N) is 2. The maximum Gasteiger partial charge on any atom is 0.341 e. The number of ether oxygens (including phenoxy) is 1. The zero-order valence-electron chi connectivity index (χ0n) is 7.37. The molecule has 1 rings (SSSR count). The molecule has 0 aromatic carbocycles. The second kappa shape index (κ2) is 3.26. The van der Waals surface area contributed by atoms with Gasteiger partial charge in [0.2, 0.25) is 0 Å². The van der Waals surface area contributed by atoms with Crippen LogP contribution in [-0.2, 0) is 11.8 Å². The standard InChI is InChI=1S/C7H10N4O2/c1-11-5(6(8)9)4(3-10-11)7(12)13-2/h3H,1-2H3,(H3,8,9). The Hall–Kier alpha value is -1.85. The van der Waals surface area contributed by atoms with Crippen LogP contribution in [0.4, 0.5) is 0 Å². The van der Waals surface area contributed by atoms with Crippen LogP contribution in [0.2, 0.25) is 0 Å². The lowest BCUT2D eigenvalue weighted by atomic mass is 10.2. The Morgan fingerprint density at radius 2 is 2.38 bits per heavy atom. The van der Waals surface area contributed by atoms with E-state index in [1.54, 1.807) is 7.05 Å². The van der Waals surface area contributed by atoms with Gasteiger partial charge in [-0.15, -0.1) is 0 Å². The molecule has 0 saturated heterocycles. The maximum atomic E-state index is 11.1. The van der Waals surface area contributed by atoms with Crippen LogP contribution in [0.1, 0.15) is 16.1 Å². The summed E-state index contributed by atoms with van der Waals surface area (Å²) in [5.41, 5.74) is 5.74. The SMILES string of the molecule is COC(=O)c1cnn(C)c1C(=N)N. The summed E-state index contributed by atoms with van der Waals surface area (Å²) in [7, 11) is 2.86. The molecule has 0 unspecified atom stereocenters. The second-order valence-electron chi connectivity index (χ2n) is 2.44. The first-order valence-electron chi connectivity index (χ1n) is 3.52. The molecule has 1 heterocycles. The molecule has 0 saturated carbocycles. The van der Waals surface area contributed by atoms with E-state index >= 15 is 0 Å². The number of rotatable bonds is 2. The number of aromatic nitrogens is 2. The summed E-state index contributed by atoms with van der Waals surface area (Å²) in [5, 5.41) is 11.0. The lowest BCUT2D eigenvalue weighted by Crippen LogP contribution is -2.19. The van der Waals surface area contributed by atoms with Crippen molar-refractivity contribution in [3.8, 4) is 0 Å². The fourth-order valence-electron chi connectivity index (χ4n) is 1.02. The predicted molar refractivity (Wildman–Crippen MR) is 45.6 cm³/mol. The van der Waals surface area contributed by atoms with E-state index in [-0.39, 0.29) is 17.1 Å². The van der Waals surface area contributed by atoms with Crippen LogP contribution in [0, 0.1) is 5.41 Å². The van der Waals surface area contributed by atoms with Crippen molar-refractivity contribution < 1.29 is 9.53 Å². The van der Waals surface area contributed by atoms with Crippen molar-refractivity contribution in [2.24, 2.45) is 12.8 Å². The second-order valence-corrected chi connectivity index (χ2v) is 2.44. The molecule has 3 N–H and O–H groups in total. The van der Waals surface area contributed by atoms with Crippen molar-refractivity contribution in [3.05, 3.63) is 17.5 Å². The highest BCUT2D eigenvalue weighted by Crippen LogP contribution is 2.07. The fraction of sp³-hybridized carbons (Fsp3) is 0.286. The number of hydrogen-bond acceptors (Lipinski definition) is 4. The number of esters is 1. The van der Waals surface area contributed by atoms with Gasteiger partial charge in [-0.3, -0.25) is 10.1 Å². The molecule has 0 spiro atoms. The van der Waals surface area contributed by atoms with Gasteiger partial charge in [0, 0.05) is 7.05 Å². The highest BCUT2D eigenvalue weighted by molar-refractivity contribution is 6.04. The summed E-state index contributed by atoms with van der Waals surface area (Å²) in [6, 6.07) is 0. The van der Waals surface area contributed by atoms with Crippen molar-refractivity contribution in [2.45, 2.75) is 0 Å². The lowest BCUT2D eigenvalue weighted by molar-refractivity contribution is 0.0600. The van der Waals surface area contributed by atoms with Crippen molar-refractivity contribution in [3.63, 3.8) is 0 Å². The monoisotopic (exact) mass is 182 g/mol. The molecule has 0 aliphatic rings. The number of nitrogen functional groups attached to an aromatic ring is 1. The normalized spacial score (nSPS) is 9.69. The Labute approximate surface area is 74.8 Å². The van der Waals surface area contributed by atoms with E-state index in [4.69, 9.17) is 11.1 Å². The largest absolute Gasteiger partial charge is 0.465 e. The van der Waals surface area contributed by atoms with E-state index in [9.17, 15) is 4.79 Å². The number of carbonyl (C=O) groups excluding carboxylic acids is 1. The van der Waals surface area contributed by atoms with Gasteiger partial charge in [-0.2, -0.15) is 5.10 Å². The van der Waals surface area contributed by atoms with E-state index in [1.807, 2.05) is 0 Å².